The van der Waals surface area contributed by atoms with Gasteiger partial charge >= 0.3 is 0 Å². The Hall–Kier alpha value is -0.870. The molecule has 1 aromatic heterocycles. The smallest absolute Gasteiger partial charge is 0.225 e. The molecule has 2 atom stereocenters. The fourth-order valence-corrected chi connectivity index (χ4v) is 3.36. The van der Waals surface area contributed by atoms with Crippen LogP contribution in [0.25, 0.3) is 0 Å². The molecule has 1 aromatic rings. The largest absolute Gasteiger partial charge is 0.374 e. The summed E-state index contributed by atoms with van der Waals surface area (Å²) in [4.78, 5) is 11.5. The van der Waals surface area contributed by atoms with Crippen molar-refractivity contribution in [2.45, 2.75) is 50.6 Å². The summed E-state index contributed by atoms with van der Waals surface area (Å²) in [7, 11) is 0. The van der Waals surface area contributed by atoms with Crippen LogP contribution in [-0.2, 0) is 10.6 Å². The van der Waals surface area contributed by atoms with Crippen LogP contribution in [0.3, 0.4) is 0 Å². The Kier molecular flexibility index (Phi) is 3.89. The number of aromatic nitrogens is 2. The molecule has 2 unspecified atom stereocenters. The summed E-state index contributed by atoms with van der Waals surface area (Å²) in [5.74, 6) is 1.31. The van der Waals surface area contributed by atoms with Crippen LogP contribution in [0.2, 0.25) is 0 Å². The van der Waals surface area contributed by atoms with Crippen molar-refractivity contribution in [3.63, 3.8) is 0 Å². The Morgan fingerprint density at radius 3 is 3.05 bits per heavy atom. The molecule has 2 aliphatic rings. The third kappa shape index (κ3) is 2.56. The quantitative estimate of drug-likeness (QED) is 0.781. The van der Waals surface area contributed by atoms with Crippen molar-refractivity contribution in [3.05, 3.63) is 17.5 Å². The Balaban J connectivity index is 1.85. The van der Waals surface area contributed by atoms with Gasteiger partial charge in [-0.3, -0.25) is 0 Å². The van der Waals surface area contributed by atoms with Crippen molar-refractivity contribution in [1.82, 2.24) is 9.97 Å². The van der Waals surface area contributed by atoms with Gasteiger partial charge in [0.2, 0.25) is 5.95 Å². The molecule has 104 valence electrons. The number of alkyl halides is 1. The maximum atomic E-state index is 5.89. The molecule has 19 heavy (non-hydrogen) atoms. The molecule has 3 rings (SSSR count). The number of fused-ring (bicyclic) bond motifs is 1. The lowest BCUT2D eigenvalue weighted by molar-refractivity contribution is -0.00933. The standard InChI is InChI=1S/C14H20ClN3O/c1-10-11(8-15)9-16-14(17-10)18-6-7-19-13-5-3-2-4-12(13)18/h9,12-13H,2-8H2,1H3. The molecule has 1 aliphatic heterocycles. The summed E-state index contributed by atoms with van der Waals surface area (Å²) in [6.45, 7) is 3.67. The second-order valence-corrected chi connectivity index (χ2v) is 5.64. The van der Waals surface area contributed by atoms with Gasteiger partial charge in [-0.05, 0) is 19.8 Å². The summed E-state index contributed by atoms with van der Waals surface area (Å²) in [6, 6.07) is 0.448. The van der Waals surface area contributed by atoms with Crippen LogP contribution in [0, 0.1) is 6.92 Å². The predicted molar refractivity (Wildman–Crippen MR) is 75.7 cm³/mol. The summed E-state index contributed by atoms with van der Waals surface area (Å²) in [5, 5.41) is 0. The first-order chi connectivity index (χ1) is 9.29. The van der Waals surface area contributed by atoms with Crippen molar-refractivity contribution in [2.75, 3.05) is 18.1 Å². The molecule has 0 radical (unpaired) electrons. The lowest BCUT2D eigenvalue weighted by Gasteiger charge is -2.43. The first-order valence-electron chi connectivity index (χ1n) is 7.06. The van der Waals surface area contributed by atoms with Gasteiger partial charge in [-0.1, -0.05) is 12.8 Å². The van der Waals surface area contributed by atoms with Gasteiger partial charge in [0, 0.05) is 24.0 Å². The van der Waals surface area contributed by atoms with E-state index in [2.05, 4.69) is 14.9 Å². The lowest BCUT2D eigenvalue weighted by atomic mass is 9.90. The summed E-state index contributed by atoms with van der Waals surface area (Å²) in [6.07, 6.45) is 7.13. The van der Waals surface area contributed by atoms with Crippen molar-refractivity contribution in [2.24, 2.45) is 0 Å². The van der Waals surface area contributed by atoms with Gasteiger partial charge in [0.1, 0.15) is 0 Å². The third-order valence-corrected chi connectivity index (χ3v) is 4.49. The Labute approximate surface area is 119 Å². The van der Waals surface area contributed by atoms with Crippen LogP contribution in [0.15, 0.2) is 6.20 Å². The van der Waals surface area contributed by atoms with Crippen LogP contribution in [0.5, 0.6) is 0 Å². The number of aryl methyl sites for hydroxylation is 1. The van der Waals surface area contributed by atoms with Crippen LogP contribution >= 0.6 is 11.6 Å². The van der Waals surface area contributed by atoms with E-state index in [4.69, 9.17) is 16.3 Å². The zero-order valence-corrected chi connectivity index (χ0v) is 12.1. The van der Waals surface area contributed by atoms with E-state index < -0.39 is 0 Å². The molecule has 0 bridgehead atoms. The van der Waals surface area contributed by atoms with Crippen molar-refractivity contribution >= 4 is 17.5 Å². The number of morpholine rings is 1. The zero-order valence-electron chi connectivity index (χ0n) is 11.3. The molecule has 0 aromatic carbocycles. The number of hydrogen-bond donors (Lipinski definition) is 0. The van der Waals surface area contributed by atoms with Crippen LogP contribution in [0.4, 0.5) is 5.95 Å². The number of rotatable bonds is 2. The molecule has 1 aliphatic carbocycles. The molecule has 0 spiro atoms. The Morgan fingerprint density at radius 1 is 1.42 bits per heavy atom. The summed E-state index contributed by atoms with van der Waals surface area (Å²) >= 11 is 5.87. The third-order valence-electron chi connectivity index (χ3n) is 4.20. The fourth-order valence-electron chi connectivity index (χ4n) is 3.09. The van der Waals surface area contributed by atoms with Gasteiger partial charge in [-0.25, -0.2) is 9.97 Å². The highest BCUT2D eigenvalue weighted by atomic mass is 35.5. The van der Waals surface area contributed by atoms with E-state index in [1.807, 2.05) is 13.1 Å². The van der Waals surface area contributed by atoms with Crippen LogP contribution in [0.1, 0.15) is 36.9 Å². The Bertz CT molecular complexity index is 452. The van der Waals surface area contributed by atoms with Crippen molar-refractivity contribution in [3.8, 4) is 0 Å². The normalized spacial score (nSPS) is 27.2. The van der Waals surface area contributed by atoms with Gasteiger partial charge < -0.3 is 9.64 Å². The molecule has 0 amide bonds. The molecular weight excluding hydrogens is 262 g/mol. The van der Waals surface area contributed by atoms with Crippen molar-refractivity contribution in [1.29, 1.82) is 0 Å². The monoisotopic (exact) mass is 281 g/mol. The number of nitrogens with zero attached hydrogens (tertiary/aromatic N) is 3. The number of anilines is 1. The molecule has 0 N–H and O–H groups in total. The maximum Gasteiger partial charge on any atom is 0.225 e. The number of ether oxygens (including phenoxy) is 1. The van der Waals surface area contributed by atoms with E-state index in [0.29, 0.717) is 18.0 Å². The second-order valence-electron chi connectivity index (χ2n) is 5.37. The highest BCUT2D eigenvalue weighted by Gasteiger charge is 2.35. The molecule has 1 saturated heterocycles. The average molecular weight is 282 g/mol. The SMILES string of the molecule is Cc1nc(N2CCOC3CCCCC32)ncc1CCl. The molecular formula is C14H20ClN3O. The first kappa shape index (κ1) is 13.1. The van der Waals surface area contributed by atoms with E-state index in [1.54, 1.807) is 0 Å². The van der Waals surface area contributed by atoms with E-state index in [1.165, 1.54) is 25.7 Å². The number of halogens is 1. The molecule has 4 nitrogen and oxygen atoms in total. The van der Waals surface area contributed by atoms with E-state index in [9.17, 15) is 0 Å². The van der Waals surface area contributed by atoms with Crippen LogP contribution < -0.4 is 4.90 Å². The van der Waals surface area contributed by atoms with E-state index in [-0.39, 0.29) is 0 Å². The summed E-state index contributed by atoms with van der Waals surface area (Å²) in [5.41, 5.74) is 2.00. The minimum atomic E-state index is 0.360. The minimum Gasteiger partial charge on any atom is -0.374 e. The Morgan fingerprint density at radius 2 is 2.26 bits per heavy atom. The lowest BCUT2D eigenvalue weighted by Crippen LogP contribution is -2.53. The van der Waals surface area contributed by atoms with Crippen molar-refractivity contribution < 1.29 is 4.74 Å². The molecule has 1 saturated carbocycles. The van der Waals surface area contributed by atoms with Crippen LogP contribution in [-0.4, -0.2) is 35.3 Å². The average Bonchev–Trinajstić information content (AvgIpc) is 2.46. The highest BCUT2D eigenvalue weighted by Crippen LogP contribution is 2.30. The minimum absolute atomic E-state index is 0.360. The second kappa shape index (κ2) is 5.63. The van der Waals surface area contributed by atoms with Gasteiger partial charge in [0.15, 0.2) is 0 Å². The van der Waals surface area contributed by atoms with E-state index >= 15 is 0 Å². The first-order valence-corrected chi connectivity index (χ1v) is 7.60. The fraction of sp³-hybridized carbons (Fsp3) is 0.714. The highest BCUT2D eigenvalue weighted by molar-refractivity contribution is 6.17. The van der Waals surface area contributed by atoms with Gasteiger partial charge in [-0.15, -0.1) is 11.6 Å². The van der Waals surface area contributed by atoms with Gasteiger partial charge in [0.05, 0.1) is 24.6 Å². The predicted octanol–water partition coefficient (Wildman–Crippen LogP) is 2.67. The summed E-state index contributed by atoms with van der Waals surface area (Å²) < 4.78 is 5.89. The maximum absolute atomic E-state index is 5.89. The molecule has 5 heteroatoms. The molecule has 2 fully saturated rings. The molecule has 2 heterocycles. The topological polar surface area (TPSA) is 38.2 Å². The van der Waals surface area contributed by atoms with Gasteiger partial charge in [-0.2, -0.15) is 0 Å². The van der Waals surface area contributed by atoms with Gasteiger partial charge in [0.25, 0.3) is 0 Å². The number of hydrogen-bond acceptors (Lipinski definition) is 4. The van der Waals surface area contributed by atoms with E-state index in [0.717, 1.165) is 30.4 Å². The zero-order chi connectivity index (χ0) is 13.2.